The first-order chi connectivity index (χ1) is 14.1. The first-order valence-electron chi connectivity index (χ1n) is 10.2. The Bertz CT molecular complexity index is 1050. The standard InChI is InChI=1S/C22H22N2O5/c25-17-10-16-22-23(13-6-7-14(8-13)29-22)21(27)19-20(18(26)9-15(17)24(16)19)28-11-12-4-2-1-3-5-12/h1-5,9,13-14,16-17,22,25H,6-8,10-11H2/t13?,14?,16-,17?,22-/m1/s1. The molecule has 2 bridgehead atoms. The quantitative estimate of drug-likeness (QED) is 0.863. The van der Waals surface area contributed by atoms with Crippen LogP contribution in [0.3, 0.4) is 0 Å². The summed E-state index contributed by atoms with van der Waals surface area (Å²) in [6.07, 6.45) is 2.12. The monoisotopic (exact) mass is 394 g/mol. The Morgan fingerprint density at radius 2 is 1.97 bits per heavy atom. The van der Waals surface area contributed by atoms with E-state index in [1.165, 1.54) is 6.07 Å². The zero-order chi connectivity index (χ0) is 19.7. The lowest BCUT2D eigenvalue weighted by atomic mass is 10.0. The summed E-state index contributed by atoms with van der Waals surface area (Å²) in [6, 6.07) is 10.9. The number of aromatic nitrogens is 1. The highest BCUT2D eigenvalue weighted by atomic mass is 16.5. The van der Waals surface area contributed by atoms with Gasteiger partial charge in [-0.25, -0.2) is 0 Å². The minimum absolute atomic E-state index is 0.0697. The second-order valence-corrected chi connectivity index (χ2v) is 8.40. The third kappa shape index (κ3) is 2.44. The Balaban J connectivity index is 1.47. The molecule has 3 aliphatic heterocycles. The second kappa shape index (κ2) is 6.18. The summed E-state index contributed by atoms with van der Waals surface area (Å²) in [4.78, 5) is 28.3. The summed E-state index contributed by atoms with van der Waals surface area (Å²) in [5.41, 5.74) is 1.30. The van der Waals surface area contributed by atoms with Gasteiger partial charge in [0, 0.05) is 18.5 Å². The highest BCUT2D eigenvalue weighted by Crippen LogP contribution is 2.49. The molecule has 29 heavy (non-hydrogen) atoms. The van der Waals surface area contributed by atoms with E-state index in [-0.39, 0.29) is 53.8 Å². The van der Waals surface area contributed by atoms with E-state index in [4.69, 9.17) is 9.47 Å². The summed E-state index contributed by atoms with van der Waals surface area (Å²) < 4.78 is 14.0. The van der Waals surface area contributed by atoms with Crippen LogP contribution in [0.5, 0.6) is 5.75 Å². The topological polar surface area (TPSA) is 81.0 Å². The lowest BCUT2D eigenvalue weighted by molar-refractivity contribution is -0.148. The van der Waals surface area contributed by atoms with E-state index in [1.807, 2.05) is 30.3 Å². The number of aliphatic hydroxyl groups excluding tert-OH is 1. The van der Waals surface area contributed by atoms with Crippen LogP contribution in [-0.2, 0) is 11.3 Å². The molecule has 1 saturated carbocycles. The molecule has 2 aromatic rings. The summed E-state index contributed by atoms with van der Waals surface area (Å²) in [7, 11) is 0. The molecule has 7 heteroatoms. The van der Waals surface area contributed by atoms with Crippen LogP contribution in [0.1, 0.15) is 59.6 Å². The van der Waals surface area contributed by atoms with Crippen LogP contribution in [0.15, 0.2) is 41.2 Å². The molecule has 1 aliphatic carbocycles. The number of ether oxygens (including phenoxy) is 2. The largest absolute Gasteiger partial charge is 0.483 e. The minimum atomic E-state index is -0.787. The normalized spacial score (nSPS) is 31.6. The molecule has 4 aliphatic rings. The average molecular weight is 394 g/mol. The number of amides is 1. The van der Waals surface area contributed by atoms with Crippen molar-refractivity contribution < 1.29 is 19.4 Å². The fourth-order valence-corrected chi connectivity index (χ4v) is 5.45. The van der Waals surface area contributed by atoms with E-state index < -0.39 is 6.10 Å². The molecule has 3 unspecified atom stereocenters. The molecule has 1 aromatic carbocycles. The fraction of sp³-hybridized carbons (Fsp3) is 0.455. The first kappa shape index (κ1) is 17.2. The van der Waals surface area contributed by atoms with E-state index in [0.29, 0.717) is 12.1 Å². The predicted molar refractivity (Wildman–Crippen MR) is 103 cm³/mol. The second-order valence-electron chi connectivity index (χ2n) is 8.40. The van der Waals surface area contributed by atoms with Crippen LogP contribution in [-0.4, -0.2) is 38.9 Å². The van der Waals surface area contributed by atoms with Gasteiger partial charge in [-0.2, -0.15) is 0 Å². The number of pyridine rings is 1. The summed E-state index contributed by atoms with van der Waals surface area (Å²) >= 11 is 0. The number of benzene rings is 1. The molecule has 1 saturated heterocycles. The number of hydrogen-bond donors (Lipinski definition) is 1. The van der Waals surface area contributed by atoms with Crippen molar-refractivity contribution in [3.63, 3.8) is 0 Å². The van der Waals surface area contributed by atoms with Crippen molar-refractivity contribution >= 4 is 5.91 Å². The molecular weight excluding hydrogens is 372 g/mol. The highest BCUT2D eigenvalue weighted by molar-refractivity contribution is 5.97. The first-order valence-corrected chi connectivity index (χ1v) is 10.2. The van der Waals surface area contributed by atoms with Gasteiger partial charge in [-0.05, 0) is 24.8 Å². The number of nitrogens with zero attached hydrogens (tertiary/aromatic N) is 2. The lowest BCUT2D eigenvalue weighted by Crippen LogP contribution is -2.58. The molecule has 2 fully saturated rings. The van der Waals surface area contributed by atoms with Gasteiger partial charge in [-0.1, -0.05) is 30.3 Å². The van der Waals surface area contributed by atoms with Gasteiger partial charge in [0.05, 0.1) is 23.9 Å². The Hall–Kier alpha value is -2.64. The molecule has 150 valence electrons. The number of fused-ring (bicyclic) bond motifs is 5. The Labute approximate surface area is 167 Å². The number of rotatable bonds is 3. The van der Waals surface area contributed by atoms with Gasteiger partial charge >= 0.3 is 0 Å². The van der Waals surface area contributed by atoms with Crippen LogP contribution < -0.4 is 10.2 Å². The van der Waals surface area contributed by atoms with Crippen molar-refractivity contribution in [2.24, 2.45) is 0 Å². The maximum Gasteiger partial charge on any atom is 0.276 e. The minimum Gasteiger partial charge on any atom is -0.483 e. The molecule has 1 amide bonds. The molecule has 1 N–H and O–H groups in total. The average Bonchev–Trinajstić information content (AvgIpc) is 3.26. The van der Waals surface area contributed by atoms with Gasteiger partial charge in [-0.15, -0.1) is 0 Å². The van der Waals surface area contributed by atoms with Gasteiger partial charge in [0.2, 0.25) is 5.43 Å². The van der Waals surface area contributed by atoms with Crippen LogP contribution >= 0.6 is 0 Å². The van der Waals surface area contributed by atoms with Gasteiger partial charge in [0.1, 0.15) is 6.61 Å². The zero-order valence-electron chi connectivity index (χ0n) is 15.9. The summed E-state index contributed by atoms with van der Waals surface area (Å²) in [6.45, 7) is 0.203. The van der Waals surface area contributed by atoms with Crippen LogP contribution in [0, 0.1) is 0 Å². The fourth-order valence-electron chi connectivity index (χ4n) is 5.45. The number of carbonyl (C=O) groups is 1. The third-order valence-electron chi connectivity index (χ3n) is 6.72. The van der Waals surface area contributed by atoms with Gasteiger partial charge < -0.3 is 24.0 Å². The van der Waals surface area contributed by atoms with Crippen LogP contribution in [0.2, 0.25) is 0 Å². The van der Waals surface area contributed by atoms with Crippen molar-refractivity contribution in [1.82, 2.24) is 9.47 Å². The zero-order valence-corrected chi connectivity index (χ0v) is 15.9. The molecule has 4 heterocycles. The number of carbonyl (C=O) groups excluding carboxylic acids is 1. The number of aliphatic hydroxyl groups is 1. The smallest absolute Gasteiger partial charge is 0.276 e. The maximum atomic E-state index is 13.6. The van der Waals surface area contributed by atoms with Gasteiger partial charge in [-0.3, -0.25) is 9.59 Å². The molecular formula is C22H22N2O5. The van der Waals surface area contributed by atoms with Crippen molar-refractivity contribution in [1.29, 1.82) is 0 Å². The van der Waals surface area contributed by atoms with E-state index >= 15 is 0 Å². The molecule has 1 aromatic heterocycles. The van der Waals surface area contributed by atoms with Crippen LogP contribution in [0.4, 0.5) is 0 Å². The highest BCUT2D eigenvalue weighted by Gasteiger charge is 2.54. The van der Waals surface area contributed by atoms with Crippen molar-refractivity contribution in [2.45, 2.75) is 62.8 Å². The predicted octanol–water partition coefficient (Wildman–Crippen LogP) is 2.14. The molecule has 0 radical (unpaired) electrons. The summed E-state index contributed by atoms with van der Waals surface area (Å²) in [5.74, 6) is -0.159. The Kier molecular flexibility index (Phi) is 3.67. The molecule has 0 spiro atoms. The lowest BCUT2D eigenvalue weighted by Gasteiger charge is -2.47. The third-order valence-corrected chi connectivity index (χ3v) is 6.72. The number of hydrogen-bond acceptors (Lipinski definition) is 5. The maximum absolute atomic E-state index is 13.6. The van der Waals surface area contributed by atoms with E-state index in [9.17, 15) is 14.7 Å². The Morgan fingerprint density at radius 3 is 2.79 bits per heavy atom. The molecule has 7 nitrogen and oxygen atoms in total. The summed E-state index contributed by atoms with van der Waals surface area (Å²) in [5, 5.41) is 10.6. The van der Waals surface area contributed by atoms with Gasteiger partial charge in [0.15, 0.2) is 17.7 Å². The van der Waals surface area contributed by atoms with E-state index in [2.05, 4.69) is 0 Å². The van der Waals surface area contributed by atoms with Crippen LogP contribution in [0.25, 0.3) is 0 Å². The van der Waals surface area contributed by atoms with Crippen molar-refractivity contribution in [3.8, 4) is 5.75 Å². The van der Waals surface area contributed by atoms with Crippen molar-refractivity contribution in [2.75, 3.05) is 0 Å². The van der Waals surface area contributed by atoms with Gasteiger partial charge in [0.25, 0.3) is 5.91 Å². The SMILES string of the molecule is O=C1c2c(OCc3ccccc3)c(=O)cc3n2[C@H](CC3O)[C@H]2OC3CCC(C3)N12. The van der Waals surface area contributed by atoms with E-state index in [1.54, 1.807) is 9.47 Å². The molecule has 5 atom stereocenters. The Morgan fingerprint density at radius 1 is 1.14 bits per heavy atom. The van der Waals surface area contributed by atoms with E-state index in [0.717, 1.165) is 24.8 Å². The van der Waals surface area contributed by atoms with Crippen molar-refractivity contribution in [3.05, 3.63) is 63.6 Å². The molecule has 6 rings (SSSR count).